The maximum absolute atomic E-state index is 12.9. The molecule has 0 bridgehead atoms. The topological polar surface area (TPSA) is 88.2 Å². The van der Waals surface area contributed by atoms with E-state index in [1.165, 1.54) is 0 Å². The predicted octanol–water partition coefficient (Wildman–Crippen LogP) is 3.17. The highest BCUT2D eigenvalue weighted by molar-refractivity contribution is 7.89. The van der Waals surface area contributed by atoms with Gasteiger partial charge in [0.05, 0.1) is 16.6 Å². The number of sulfonamides is 1. The van der Waals surface area contributed by atoms with E-state index >= 15 is 0 Å². The Labute approximate surface area is 167 Å². The van der Waals surface area contributed by atoms with Gasteiger partial charge in [-0.3, -0.25) is 9.78 Å². The summed E-state index contributed by atoms with van der Waals surface area (Å²) in [4.78, 5) is 16.7. The van der Waals surface area contributed by atoms with Crippen molar-refractivity contribution >= 4 is 15.9 Å². The number of hydrogen-bond acceptors (Lipinski definition) is 4. The first-order chi connectivity index (χ1) is 13.1. The summed E-state index contributed by atoms with van der Waals surface area (Å²) in [6, 6.07) is 5.26. The van der Waals surface area contributed by atoms with E-state index in [-0.39, 0.29) is 24.9 Å². The molecule has 0 aliphatic rings. The van der Waals surface area contributed by atoms with Crippen LogP contribution in [0.25, 0.3) is 0 Å². The van der Waals surface area contributed by atoms with Gasteiger partial charge < -0.3 is 5.32 Å². The second kappa shape index (κ2) is 8.84. The average molecular weight is 404 g/mol. The van der Waals surface area contributed by atoms with E-state index in [1.54, 1.807) is 6.20 Å². The maximum atomic E-state index is 12.9. The van der Waals surface area contributed by atoms with Crippen LogP contribution in [0.1, 0.15) is 52.9 Å². The van der Waals surface area contributed by atoms with Crippen LogP contribution < -0.4 is 10.0 Å². The van der Waals surface area contributed by atoms with Gasteiger partial charge in [0.15, 0.2) is 0 Å². The van der Waals surface area contributed by atoms with Crippen molar-refractivity contribution in [1.82, 2.24) is 15.0 Å². The molecule has 0 radical (unpaired) electrons. The highest BCUT2D eigenvalue weighted by atomic mass is 32.2. The molecule has 1 amide bonds. The van der Waals surface area contributed by atoms with Gasteiger partial charge in [0.25, 0.3) is 0 Å². The number of carbonyl (C=O) groups is 1. The molecule has 1 aromatic heterocycles. The Morgan fingerprint density at radius 3 is 2.11 bits per heavy atom. The lowest BCUT2D eigenvalue weighted by molar-refractivity contribution is -0.121. The van der Waals surface area contributed by atoms with Gasteiger partial charge in [0, 0.05) is 19.2 Å². The molecule has 0 aliphatic carbocycles. The van der Waals surface area contributed by atoms with Gasteiger partial charge in [0.1, 0.15) is 0 Å². The number of rotatable bonds is 7. The van der Waals surface area contributed by atoms with Crippen LogP contribution in [0.4, 0.5) is 0 Å². The van der Waals surface area contributed by atoms with E-state index in [1.807, 2.05) is 59.7 Å². The number of aromatic nitrogens is 1. The maximum Gasteiger partial charge on any atom is 0.241 e. The summed E-state index contributed by atoms with van der Waals surface area (Å²) in [5.41, 5.74) is 5.32. The van der Waals surface area contributed by atoms with Crippen molar-refractivity contribution in [3.63, 3.8) is 0 Å². The molecule has 2 rings (SSSR count). The highest BCUT2D eigenvalue weighted by Gasteiger charge is 2.23. The van der Waals surface area contributed by atoms with Crippen LogP contribution in [-0.4, -0.2) is 25.9 Å². The summed E-state index contributed by atoms with van der Waals surface area (Å²) in [7, 11) is -3.70. The Kier molecular flexibility index (Phi) is 6.96. The minimum Gasteiger partial charge on any atom is -0.348 e. The van der Waals surface area contributed by atoms with Crippen LogP contribution in [0.15, 0.2) is 29.3 Å². The van der Waals surface area contributed by atoms with Gasteiger partial charge in [-0.2, -0.15) is 0 Å². The third-order valence-corrected chi connectivity index (χ3v) is 7.09. The quantitative estimate of drug-likeness (QED) is 0.743. The van der Waals surface area contributed by atoms with E-state index in [0.29, 0.717) is 4.90 Å². The Morgan fingerprint density at radius 1 is 1.00 bits per heavy atom. The fourth-order valence-electron chi connectivity index (χ4n) is 3.26. The molecule has 0 fully saturated rings. The molecule has 0 saturated carbocycles. The number of hydrogen-bond donors (Lipinski definition) is 2. The average Bonchev–Trinajstić information content (AvgIpc) is 2.65. The zero-order valence-corrected chi connectivity index (χ0v) is 18.2. The van der Waals surface area contributed by atoms with E-state index in [4.69, 9.17) is 0 Å². The molecular weight excluding hydrogens is 374 g/mol. The molecule has 1 atom stereocenters. The molecule has 6 nitrogen and oxygen atoms in total. The Bertz CT molecular complexity index is 941. The number of amides is 1. The minimum absolute atomic E-state index is 0.0357. The molecule has 0 spiro atoms. The van der Waals surface area contributed by atoms with Crippen molar-refractivity contribution in [2.75, 3.05) is 6.54 Å². The van der Waals surface area contributed by atoms with E-state index < -0.39 is 10.0 Å². The van der Waals surface area contributed by atoms with Crippen molar-refractivity contribution in [3.8, 4) is 0 Å². The zero-order valence-electron chi connectivity index (χ0n) is 17.4. The third kappa shape index (κ3) is 4.77. The largest absolute Gasteiger partial charge is 0.348 e. The van der Waals surface area contributed by atoms with Gasteiger partial charge in [0.2, 0.25) is 15.9 Å². The van der Waals surface area contributed by atoms with Crippen LogP contribution in [-0.2, 0) is 14.8 Å². The highest BCUT2D eigenvalue weighted by Crippen LogP contribution is 2.29. The van der Waals surface area contributed by atoms with E-state index in [2.05, 4.69) is 15.0 Å². The number of carbonyl (C=O) groups excluding carboxylic acids is 1. The summed E-state index contributed by atoms with van der Waals surface area (Å²) in [5, 5.41) is 2.83. The molecule has 152 valence electrons. The molecular formula is C21H29N3O3S. The second-order valence-electron chi connectivity index (χ2n) is 7.15. The first-order valence-electron chi connectivity index (χ1n) is 9.33. The van der Waals surface area contributed by atoms with Crippen LogP contribution in [0.3, 0.4) is 0 Å². The Morgan fingerprint density at radius 2 is 1.57 bits per heavy atom. The van der Waals surface area contributed by atoms with Gasteiger partial charge in [-0.05, 0) is 81.5 Å². The SMILES string of the molecule is Cc1c(C)c(C)c(S(=O)(=O)NCCC(=O)NC(C)c2ccccn2)c(C)c1C. The van der Waals surface area contributed by atoms with Crippen molar-refractivity contribution in [3.05, 3.63) is 57.9 Å². The summed E-state index contributed by atoms with van der Waals surface area (Å²) < 4.78 is 28.3. The third-order valence-electron chi connectivity index (χ3n) is 5.35. The van der Waals surface area contributed by atoms with Crippen molar-refractivity contribution in [1.29, 1.82) is 0 Å². The lowest BCUT2D eigenvalue weighted by Crippen LogP contribution is -2.33. The van der Waals surface area contributed by atoms with Crippen molar-refractivity contribution in [2.45, 2.75) is 58.9 Å². The minimum atomic E-state index is -3.70. The fourth-order valence-corrected chi connectivity index (χ4v) is 4.89. The van der Waals surface area contributed by atoms with Crippen molar-refractivity contribution < 1.29 is 13.2 Å². The summed E-state index contributed by atoms with van der Waals surface area (Å²) in [6.45, 7) is 11.4. The summed E-state index contributed by atoms with van der Waals surface area (Å²) >= 11 is 0. The van der Waals surface area contributed by atoms with Gasteiger partial charge in [-0.15, -0.1) is 0 Å². The smallest absolute Gasteiger partial charge is 0.241 e. The normalized spacial score (nSPS) is 12.6. The molecule has 1 unspecified atom stereocenters. The molecule has 0 saturated heterocycles. The van der Waals surface area contributed by atoms with Gasteiger partial charge in [-0.1, -0.05) is 6.07 Å². The van der Waals surface area contributed by atoms with E-state index in [0.717, 1.165) is 33.5 Å². The number of nitrogens with zero attached hydrogens (tertiary/aromatic N) is 1. The van der Waals surface area contributed by atoms with Crippen LogP contribution >= 0.6 is 0 Å². The second-order valence-corrected chi connectivity index (χ2v) is 8.85. The van der Waals surface area contributed by atoms with Crippen LogP contribution in [0.2, 0.25) is 0 Å². The Balaban J connectivity index is 2.04. The lowest BCUT2D eigenvalue weighted by Gasteiger charge is -2.19. The molecule has 1 heterocycles. The first-order valence-corrected chi connectivity index (χ1v) is 10.8. The lowest BCUT2D eigenvalue weighted by atomic mass is 9.95. The molecule has 2 N–H and O–H groups in total. The monoisotopic (exact) mass is 403 g/mol. The van der Waals surface area contributed by atoms with E-state index in [9.17, 15) is 13.2 Å². The standard InChI is InChI=1S/C21H29N3O3S/c1-13-14(2)16(4)21(17(5)15(13)3)28(26,27)23-12-10-20(25)24-18(6)19-9-7-8-11-22-19/h7-9,11,18,23H,10,12H2,1-6H3,(H,24,25). The first kappa shape index (κ1) is 22.0. The molecule has 1 aromatic carbocycles. The summed E-state index contributed by atoms with van der Waals surface area (Å²) in [5.74, 6) is -0.231. The van der Waals surface area contributed by atoms with Crippen LogP contribution in [0, 0.1) is 34.6 Å². The predicted molar refractivity (Wildman–Crippen MR) is 111 cm³/mol. The number of benzene rings is 1. The van der Waals surface area contributed by atoms with Gasteiger partial charge in [-0.25, -0.2) is 13.1 Å². The number of nitrogens with one attached hydrogen (secondary N) is 2. The Hall–Kier alpha value is -2.25. The molecule has 28 heavy (non-hydrogen) atoms. The molecule has 0 aliphatic heterocycles. The fraction of sp³-hybridized carbons (Fsp3) is 0.429. The van der Waals surface area contributed by atoms with Crippen LogP contribution in [0.5, 0.6) is 0 Å². The molecule has 7 heteroatoms. The molecule has 2 aromatic rings. The van der Waals surface area contributed by atoms with Crippen molar-refractivity contribution in [2.24, 2.45) is 0 Å². The number of pyridine rings is 1. The summed E-state index contributed by atoms with van der Waals surface area (Å²) in [6.07, 6.45) is 1.72. The van der Waals surface area contributed by atoms with Gasteiger partial charge >= 0.3 is 0 Å². The zero-order chi connectivity index (χ0) is 21.1.